The van der Waals surface area contributed by atoms with Crippen molar-refractivity contribution in [1.29, 1.82) is 0 Å². The molecule has 0 atom stereocenters. The summed E-state index contributed by atoms with van der Waals surface area (Å²) in [6.07, 6.45) is -3.44. The molecule has 1 heterocycles. The Morgan fingerprint density at radius 2 is 2.04 bits per heavy atom. The molecule has 144 valence electrons. The molecule has 27 heavy (non-hydrogen) atoms. The second kappa shape index (κ2) is 7.01. The third kappa shape index (κ3) is 4.16. The zero-order valence-electron chi connectivity index (χ0n) is 13.4. The van der Waals surface area contributed by atoms with Gasteiger partial charge in [-0.15, -0.1) is 0 Å². The number of hydrogen-bond donors (Lipinski definition) is 1. The van der Waals surface area contributed by atoms with Gasteiger partial charge in [-0.3, -0.25) is 19.6 Å². The third-order valence-corrected chi connectivity index (χ3v) is 4.59. The summed E-state index contributed by atoms with van der Waals surface area (Å²) in [4.78, 5) is 22.4. The molecule has 1 aromatic heterocycles. The summed E-state index contributed by atoms with van der Waals surface area (Å²) >= 11 is 11.7. The highest BCUT2D eigenvalue weighted by Gasteiger charge is 2.42. The number of nitro groups is 1. The van der Waals surface area contributed by atoms with Crippen molar-refractivity contribution in [3.63, 3.8) is 0 Å². The molecule has 0 bridgehead atoms. The maximum Gasteiger partial charge on any atom is 0.436 e. The van der Waals surface area contributed by atoms with Crippen molar-refractivity contribution in [3.05, 3.63) is 49.7 Å². The molecular weight excluding hydrogens is 412 g/mol. The van der Waals surface area contributed by atoms with Crippen LogP contribution in [-0.2, 0) is 17.5 Å². The molecule has 1 aliphatic rings. The molecule has 1 aliphatic carbocycles. The molecule has 0 saturated heterocycles. The van der Waals surface area contributed by atoms with Gasteiger partial charge in [-0.05, 0) is 18.9 Å². The molecular formula is C15H11Cl2F3N4O3. The highest BCUT2D eigenvalue weighted by molar-refractivity contribution is 6.33. The summed E-state index contributed by atoms with van der Waals surface area (Å²) in [7, 11) is 0. The number of hydrogen-bond acceptors (Lipinski definition) is 4. The van der Waals surface area contributed by atoms with Crippen LogP contribution in [0, 0.1) is 10.1 Å². The quantitative estimate of drug-likeness (QED) is 0.561. The standard InChI is InChI=1S/C15H11Cl2F3N4O3/c16-9-4-3-8(24(26)27)5-10(9)21-11(25)6-23-13(7-1-2-7)12(17)14(22-23)15(18,19)20/h3-5,7H,1-2,6H2,(H,21,25). The Bertz CT molecular complexity index is 926. The van der Waals surface area contributed by atoms with Crippen LogP contribution >= 0.6 is 23.2 Å². The largest absolute Gasteiger partial charge is 0.436 e. The smallest absolute Gasteiger partial charge is 0.323 e. The van der Waals surface area contributed by atoms with Gasteiger partial charge in [0.25, 0.3) is 5.69 Å². The highest BCUT2D eigenvalue weighted by atomic mass is 35.5. The summed E-state index contributed by atoms with van der Waals surface area (Å²) in [5.74, 6) is -0.928. The van der Waals surface area contributed by atoms with Crippen LogP contribution in [0.15, 0.2) is 18.2 Å². The van der Waals surface area contributed by atoms with E-state index in [2.05, 4.69) is 10.4 Å². The van der Waals surface area contributed by atoms with Gasteiger partial charge in [0, 0.05) is 18.1 Å². The van der Waals surface area contributed by atoms with Crippen molar-refractivity contribution in [3.8, 4) is 0 Å². The van der Waals surface area contributed by atoms with Crippen molar-refractivity contribution in [2.45, 2.75) is 31.5 Å². The number of benzene rings is 1. The second-order valence-corrected chi connectivity index (χ2v) is 6.73. The van der Waals surface area contributed by atoms with E-state index >= 15 is 0 Å². The van der Waals surface area contributed by atoms with Crippen LogP contribution in [0.2, 0.25) is 10.0 Å². The molecule has 0 unspecified atom stereocenters. The Labute approximate surface area is 160 Å². The van der Waals surface area contributed by atoms with Gasteiger partial charge < -0.3 is 5.32 Å². The molecule has 0 aliphatic heterocycles. The van der Waals surface area contributed by atoms with Gasteiger partial charge in [-0.1, -0.05) is 23.2 Å². The molecule has 2 aromatic rings. The van der Waals surface area contributed by atoms with E-state index in [1.54, 1.807) is 0 Å². The van der Waals surface area contributed by atoms with Crippen LogP contribution in [-0.4, -0.2) is 20.6 Å². The summed E-state index contributed by atoms with van der Waals surface area (Å²) < 4.78 is 40.0. The number of halogens is 5. The SMILES string of the molecule is O=C(Cn1nc(C(F)(F)F)c(Cl)c1C1CC1)Nc1cc([N+](=O)[O-])ccc1Cl. The maximum absolute atomic E-state index is 13.0. The molecule has 1 aromatic carbocycles. The van der Waals surface area contributed by atoms with Crippen LogP contribution in [0.3, 0.4) is 0 Å². The lowest BCUT2D eigenvalue weighted by atomic mass is 10.2. The number of non-ortho nitro benzene ring substituents is 1. The predicted octanol–water partition coefficient (Wildman–Crippen LogP) is 4.63. The molecule has 0 spiro atoms. The lowest BCUT2D eigenvalue weighted by Crippen LogP contribution is -2.21. The minimum Gasteiger partial charge on any atom is -0.323 e. The zero-order chi connectivity index (χ0) is 19.9. The lowest BCUT2D eigenvalue weighted by Gasteiger charge is -2.09. The van der Waals surface area contributed by atoms with E-state index in [1.165, 1.54) is 6.07 Å². The van der Waals surface area contributed by atoms with E-state index in [-0.39, 0.29) is 28.0 Å². The minimum atomic E-state index is -4.74. The topological polar surface area (TPSA) is 90.1 Å². The Balaban J connectivity index is 1.85. The zero-order valence-corrected chi connectivity index (χ0v) is 14.9. The van der Waals surface area contributed by atoms with E-state index < -0.39 is 34.3 Å². The van der Waals surface area contributed by atoms with E-state index in [4.69, 9.17) is 23.2 Å². The Morgan fingerprint density at radius 1 is 1.37 bits per heavy atom. The van der Waals surface area contributed by atoms with Gasteiger partial charge in [0.1, 0.15) is 6.54 Å². The van der Waals surface area contributed by atoms with Crippen molar-refractivity contribution >= 4 is 40.5 Å². The molecule has 1 amide bonds. The van der Waals surface area contributed by atoms with Crippen molar-refractivity contribution < 1.29 is 22.9 Å². The number of carbonyl (C=O) groups is 1. The number of alkyl halides is 3. The average molecular weight is 423 g/mol. The number of nitrogens with one attached hydrogen (secondary N) is 1. The van der Waals surface area contributed by atoms with E-state index in [9.17, 15) is 28.1 Å². The van der Waals surface area contributed by atoms with Gasteiger partial charge in [-0.25, -0.2) is 0 Å². The summed E-state index contributed by atoms with van der Waals surface area (Å²) in [5.41, 5.74) is -1.41. The van der Waals surface area contributed by atoms with Gasteiger partial charge in [-0.2, -0.15) is 18.3 Å². The number of nitrogens with zero attached hydrogens (tertiary/aromatic N) is 3. The maximum atomic E-state index is 13.0. The third-order valence-electron chi connectivity index (χ3n) is 3.89. The molecule has 12 heteroatoms. The summed E-state index contributed by atoms with van der Waals surface area (Å²) in [6, 6.07) is 3.45. The van der Waals surface area contributed by atoms with Crippen LogP contribution in [0.25, 0.3) is 0 Å². The molecule has 1 saturated carbocycles. The Hall–Kier alpha value is -2.33. The van der Waals surface area contributed by atoms with Crippen molar-refractivity contribution in [2.75, 3.05) is 5.32 Å². The van der Waals surface area contributed by atoms with Crippen LogP contribution in [0.1, 0.15) is 30.1 Å². The van der Waals surface area contributed by atoms with E-state index in [0.717, 1.165) is 16.8 Å². The normalized spacial score (nSPS) is 14.3. The van der Waals surface area contributed by atoms with Crippen LogP contribution in [0.5, 0.6) is 0 Å². The highest BCUT2D eigenvalue weighted by Crippen LogP contribution is 2.46. The molecule has 7 nitrogen and oxygen atoms in total. The van der Waals surface area contributed by atoms with Gasteiger partial charge in [0.15, 0.2) is 5.69 Å². The lowest BCUT2D eigenvalue weighted by molar-refractivity contribution is -0.384. The fraction of sp³-hybridized carbons (Fsp3) is 0.333. The van der Waals surface area contributed by atoms with Crippen molar-refractivity contribution in [1.82, 2.24) is 9.78 Å². The summed E-state index contributed by atoms with van der Waals surface area (Å²) in [6.45, 7) is -0.541. The molecule has 3 rings (SSSR count). The number of aromatic nitrogens is 2. The van der Waals surface area contributed by atoms with Gasteiger partial charge in [0.2, 0.25) is 5.91 Å². The fourth-order valence-corrected chi connectivity index (χ4v) is 3.11. The molecule has 0 radical (unpaired) electrons. The Kier molecular flexibility index (Phi) is 5.04. The Morgan fingerprint density at radius 3 is 2.59 bits per heavy atom. The minimum absolute atomic E-state index is 0.0295. The van der Waals surface area contributed by atoms with Crippen LogP contribution in [0.4, 0.5) is 24.5 Å². The average Bonchev–Trinajstić information content (AvgIpc) is 3.32. The fourth-order valence-electron chi connectivity index (χ4n) is 2.55. The number of carbonyl (C=O) groups excluding carboxylic acids is 1. The first-order valence-corrected chi connectivity index (χ1v) is 8.40. The van der Waals surface area contributed by atoms with Crippen molar-refractivity contribution in [2.24, 2.45) is 0 Å². The van der Waals surface area contributed by atoms with Crippen LogP contribution < -0.4 is 5.32 Å². The van der Waals surface area contributed by atoms with E-state index in [1.807, 2.05) is 0 Å². The number of rotatable bonds is 5. The predicted molar refractivity (Wildman–Crippen MR) is 91.0 cm³/mol. The first kappa shape index (κ1) is 19.4. The monoisotopic (exact) mass is 422 g/mol. The first-order valence-electron chi connectivity index (χ1n) is 7.65. The molecule has 1 fully saturated rings. The molecule has 1 N–H and O–H groups in total. The number of nitro benzene ring substituents is 1. The number of amides is 1. The van der Waals surface area contributed by atoms with Gasteiger partial charge in [0.05, 0.1) is 26.3 Å². The second-order valence-electron chi connectivity index (χ2n) is 5.95. The van der Waals surface area contributed by atoms with E-state index in [0.29, 0.717) is 12.8 Å². The first-order chi connectivity index (χ1) is 12.6. The number of anilines is 1. The summed E-state index contributed by atoms with van der Waals surface area (Å²) in [5, 5.41) is 16.2. The van der Waals surface area contributed by atoms with Gasteiger partial charge >= 0.3 is 6.18 Å².